The molecule has 96 valence electrons. The van der Waals surface area contributed by atoms with E-state index in [1.807, 2.05) is 13.8 Å². The number of rotatable bonds is 2. The normalized spacial score (nSPS) is 21.4. The maximum absolute atomic E-state index is 3.76. The van der Waals surface area contributed by atoms with Gasteiger partial charge in [0, 0.05) is 24.3 Å². The Morgan fingerprint density at radius 1 is 0.889 bits per heavy atom. The van der Waals surface area contributed by atoms with E-state index in [4.69, 9.17) is 0 Å². The Balaban J connectivity index is 0.000000180. The molecule has 0 fully saturated rings. The number of amidine groups is 2. The highest BCUT2D eigenvalue weighted by Gasteiger charge is 1.98. The molecule has 2 heterocycles. The number of hydrogen-bond donors (Lipinski definition) is 0. The number of hydrogen-bond acceptors (Lipinski definition) is 6. The molecule has 8 heteroatoms. The minimum Gasteiger partial charge on any atom is -0.357 e. The zero-order chi connectivity index (χ0) is 13.4. The van der Waals surface area contributed by atoms with E-state index in [1.165, 1.54) is 0 Å². The van der Waals surface area contributed by atoms with Gasteiger partial charge in [0.25, 0.3) is 0 Å². The lowest BCUT2D eigenvalue weighted by Gasteiger charge is -2.01. The van der Waals surface area contributed by atoms with Gasteiger partial charge in [0.1, 0.15) is 0 Å². The van der Waals surface area contributed by atoms with E-state index in [2.05, 4.69) is 54.9 Å². The van der Waals surface area contributed by atoms with Gasteiger partial charge in [-0.2, -0.15) is 0 Å². The maximum atomic E-state index is 3.76. The second kappa shape index (κ2) is 7.05. The van der Waals surface area contributed by atoms with Gasteiger partial charge in [-0.05, 0) is 39.0 Å². The topological polar surface area (TPSA) is 102 Å². The van der Waals surface area contributed by atoms with Crippen LogP contribution < -0.4 is 0 Å². The van der Waals surface area contributed by atoms with E-state index in [9.17, 15) is 0 Å². The predicted molar refractivity (Wildman–Crippen MR) is 76.1 cm³/mol. The Labute approximate surface area is 105 Å². The van der Waals surface area contributed by atoms with Gasteiger partial charge in [-0.15, -0.1) is 0 Å². The van der Waals surface area contributed by atoms with Gasteiger partial charge in [0.15, 0.2) is 0 Å². The second-order valence-electron chi connectivity index (χ2n) is 3.54. The highest BCUT2D eigenvalue weighted by atomic mass is 15.4. The van der Waals surface area contributed by atoms with Crippen LogP contribution in [0, 0.1) is 0 Å². The van der Waals surface area contributed by atoms with Crippen molar-refractivity contribution in [3.8, 4) is 0 Å². The van der Waals surface area contributed by atoms with Crippen molar-refractivity contribution in [1.82, 2.24) is 0 Å². The Kier molecular flexibility index (Phi) is 5.36. The molecule has 8 nitrogen and oxygen atoms in total. The summed E-state index contributed by atoms with van der Waals surface area (Å²) in [4.78, 5) is 0. The van der Waals surface area contributed by atoms with Crippen LogP contribution >= 0.6 is 0 Å². The maximum Gasteiger partial charge on any atom is 0.0177 e. The summed E-state index contributed by atoms with van der Waals surface area (Å²) in [5.41, 5.74) is 9.36. The van der Waals surface area contributed by atoms with Crippen LogP contribution in [-0.4, -0.2) is 36.5 Å². The average molecular weight is 246 g/mol. The monoisotopic (exact) mass is 246 g/mol. The standard InChI is InChI=1S/2C5H7N4/c2*1-4-3-5(8-6-2)9-7-4/h2*2-3H2,1H3/q2*-1. The molecule has 0 N–H and O–H groups in total. The van der Waals surface area contributed by atoms with Gasteiger partial charge in [-0.3, -0.25) is 20.4 Å². The van der Waals surface area contributed by atoms with Gasteiger partial charge < -0.3 is 21.1 Å². The van der Waals surface area contributed by atoms with E-state index in [1.54, 1.807) is 0 Å². The summed E-state index contributed by atoms with van der Waals surface area (Å²) in [6.45, 7) is 10.2. The molecule has 0 aliphatic carbocycles. The van der Waals surface area contributed by atoms with Crippen molar-refractivity contribution < 1.29 is 0 Å². The van der Waals surface area contributed by atoms with Crippen LogP contribution in [0.2, 0.25) is 0 Å². The van der Waals surface area contributed by atoms with E-state index in [0.717, 1.165) is 11.4 Å². The van der Waals surface area contributed by atoms with Crippen molar-refractivity contribution in [2.75, 3.05) is 0 Å². The fourth-order valence-electron chi connectivity index (χ4n) is 1.16. The Morgan fingerprint density at radius 3 is 1.50 bits per heavy atom. The Hall–Kier alpha value is -2.38. The second-order valence-corrected chi connectivity index (χ2v) is 3.54. The molecule has 18 heavy (non-hydrogen) atoms. The summed E-state index contributed by atoms with van der Waals surface area (Å²) in [6.07, 6.45) is 1.41. The van der Waals surface area contributed by atoms with Crippen LogP contribution in [0.5, 0.6) is 0 Å². The first-order chi connectivity index (χ1) is 8.65. The third-order valence-corrected chi connectivity index (χ3v) is 1.87. The first-order valence-electron chi connectivity index (χ1n) is 5.19. The fourth-order valence-corrected chi connectivity index (χ4v) is 1.16. The Bertz CT molecular complexity index is 401. The van der Waals surface area contributed by atoms with Gasteiger partial charge in [-0.25, -0.2) is 0 Å². The van der Waals surface area contributed by atoms with Gasteiger partial charge in [0.2, 0.25) is 0 Å². The largest absolute Gasteiger partial charge is 0.357 e. The predicted octanol–water partition coefficient (Wildman–Crippen LogP) is 2.31. The average Bonchev–Trinajstić information content (AvgIpc) is 2.90. The van der Waals surface area contributed by atoms with Crippen LogP contribution in [0.4, 0.5) is 0 Å². The highest BCUT2D eigenvalue weighted by molar-refractivity contribution is 6.14. The fraction of sp³-hybridized carbons (Fsp3) is 0.400. The molecule has 0 aromatic heterocycles. The summed E-state index contributed by atoms with van der Waals surface area (Å²) < 4.78 is 0. The third kappa shape index (κ3) is 4.64. The van der Waals surface area contributed by atoms with Crippen LogP contribution in [0.25, 0.3) is 10.9 Å². The van der Waals surface area contributed by atoms with Crippen molar-refractivity contribution in [3.05, 3.63) is 10.9 Å². The molecule has 2 rings (SSSR count). The molecule has 0 unspecified atom stereocenters. The molecule has 2 aliphatic rings. The molecule has 0 spiro atoms. The zero-order valence-electron chi connectivity index (χ0n) is 10.4. The highest BCUT2D eigenvalue weighted by Crippen LogP contribution is 2.10. The molecule has 0 saturated heterocycles. The van der Waals surface area contributed by atoms with Crippen molar-refractivity contribution in [3.63, 3.8) is 0 Å². The van der Waals surface area contributed by atoms with E-state index < -0.39 is 0 Å². The third-order valence-electron chi connectivity index (χ3n) is 1.87. The quantitative estimate of drug-likeness (QED) is 0.527. The van der Waals surface area contributed by atoms with E-state index in [-0.39, 0.29) is 0 Å². The molecule has 2 aliphatic heterocycles. The first-order valence-corrected chi connectivity index (χ1v) is 5.19. The minimum absolute atomic E-state index is 0.641. The molecule has 0 amide bonds. The summed E-state index contributed by atoms with van der Waals surface area (Å²) in [5.74, 6) is 1.28. The first kappa shape index (κ1) is 13.7. The lowest BCUT2D eigenvalue weighted by molar-refractivity contribution is 1.24. The van der Waals surface area contributed by atoms with Crippen molar-refractivity contribution in [1.29, 1.82) is 0 Å². The lowest BCUT2D eigenvalue weighted by atomic mass is 10.3. The molecule has 0 aromatic rings. The van der Waals surface area contributed by atoms with Crippen LogP contribution in [0.3, 0.4) is 0 Å². The minimum atomic E-state index is 0.641. The van der Waals surface area contributed by atoms with Crippen LogP contribution in [0.1, 0.15) is 26.7 Å². The lowest BCUT2D eigenvalue weighted by Crippen LogP contribution is -1.91. The van der Waals surface area contributed by atoms with E-state index >= 15 is 0 Å². The molecule has 0 aromatic carbocycles. The SMILES string of the molecule is C=NN=C1CC(C)=N[N-]1.C=NN=C1CC(C)=N[N-]1. The van der Waals surface area contributed by atoms with E-state index in [0.29, 0.717) is 24.5 Å². The van der Waals surface area contributed by atoms with Gasteiger partial charge in [-0.1, -0.05) is 0 Å². The summed E-state index contributed by atoms with van der Waals surface area (Å²) in [5, 5.41) is 21.4. The zero-order valence-corrected chi connectivity index (χ0v) is 10.4. The van der Waals surface area contributed by atoms with Crippen LogP contribution in [-0.2, 0) is 0 Å². The molecule has 0 atom stereocenters. The van der Waals surface area contributed by atoms with Crippen molar-refractivity contribution in [2.24, 2.45) is 30.6 Å². The molecule has 0 radical (unpaired) electrons. The molecule has 0 saturated carbocycles. The Morgan fingerprint density at radius 2 is 1.28 bits per heavy atom. The van der Waals surface area contributed by atoms with Crippen molar-refractivity contribution >= 4 is 36.5 Å². The summed E-state index contributed by atoms with van der Waals surface area (Å²) >= 11 is 0. The van der Waals surface area contributed by atoms with Crippen LogP contribution in [0.15, 0.2) is 30.6 Å². The molecule has 0 bridgehead atoms. The molecular formula is C10H14N8-2. The number of nitrogens with zero attached hydrogens (tertiary/aromatic N) is 8. The van der Waals surface area contributed by atoms with Gasteiger partial charge in [0.05, 0.1) is 0 Å². The summed E-state index contributed by atoms with van der Waals surface area (Å²) in [6, 6.07) is 0. The molecular weight excluding hydrogens is 232 g/mol. The van der Waals surface area contributed by atoms with Crippen molar-refractivity contribution in [2.45, 2.75) is 26.7 Å². The summed E-state index contributed by atoms with van der Waals surface area (Å²) in [7, 11) is 0. The smallest absolute Gasteiger partial charge is 0.0177 e. The van der Waals surface area contributed by atoms with Gasteiger partial charge >= 0.3 is 0 Å².